The number of aromatic nitrogens is 1. The maximum absolute atomic E-state index is 13.7. The summed E-state index contributed by atoms with van der Waals surface area (Å²) in [5.74, 6) is 1.36. The average molecular weight is 479 g/mol. The first kappa shape index (κ1) is 22.0. The summed E-state index contributed by atoms with van der Waals surface area (Å²) in [7, 11) is 1.56. The largest absolute Gasteiger partial charge is 0.496 e. The van der Waals surface area contributed by atoms with Crippen molar-refractivity contribution in [1.29, 1.82) is 0 Å². The fourth-order valence-electron chi connectivity index (χ4n) is 4.13. The molecule has 5 rings (SSSR count). The molecule has 1 aromatic heterocycles. The lowest BCUT2D eigenvalue weighted by molar-refractivity contribution is -0.139. The van der Waals surface area contributed by atoms with Gasteiger partial charge in [-0.15, -0.1) is 0 Å². The lowest BCUT2D eigenvalue weighted by atomic mass is 9.95. The highest BCUT2D eigenvalue weighted by Crippen LogP contribution is 2.36. The topological polar surface area (TPSA) is 88.4 Å². The number of rotatable bonds is 5. The van der Waals surface area contributed by atoms with Crippen LogP contribution < -0.4 is 29.1 Å². The quantitative estimate of drug-likeness (QED) is 0.524. The molecule has 0 fully saturated rings. The van der Waals surface area contributed by atoms with Crippen LogP contribution in [0, 0.1) is 0 Å². The minimum Gasteiger partial charge on any atom is -0.496 e. The van der Waals surface area contributed by atoms with Crippen molar-refractivity contribution in [3.63, 3.8) is 0 Å². The van der Waals surface area contributed by atoms with E-state index in [0.717, 1.165) is 5.56 Å². The molecule has 34 heavy (non-hydrogen) atoms. The van der Waals surface area contributed by atoms with Crippen LogP contribution in [0.3, 0.4) is 0 Å². The third kappa shape index (κ3) is 3.67. The summed E-state index contributed by atoms with van der Waals surface area (Å²) in [4.78, 5) is 31.8. The molecular weight excluding hydrogens is 456 g/mol. The Kier molecular flexibility index (Phi) is 5.70. The van der Waals surface area contributed by atoms with E-state index in [1.807, 2.05) is 36.4 Å². The molecule has 0 saturated carbocycles. The first-order valence-electron chi connectivity index (χ1n) is 10.7. The minimum atomic E-state index is -0.731. The summed E-state index contributed by atoms with van der Waals surface area (Å²) in [6.07, 6.45) is 1.79. The third-order valence-corrected chi connectivity index (χ3v) is 6.63. The van der Waals surface area contributed by atoms with Crippen molar-refractivity contribution in [2.45, 2.75) is 19.9 Å². The SMILES string of the molecule is CCOC(=O)C1=C(C)N=c2s/c(=C\c3ccc4c(c3)OCO4)c(=O)n2[C@H]1c1ccccc1OC. The molecule has 9 heteroatoms. The van der Waals surface area contributed by atoms with Gasteiger partial charge in [0, 0.05) is 5.56 Å². The van der Waals surface area contributed by atoms with Crippen LogP contribution in [0.25, 0.3) is 6.08 Å². The minimum absolute atomic E-state index is 0.176. The van der Waals surface area contributed by atoms with Gasteiger partial charge in [-0.05, 0) is 43.7 Å². The Hall–Kier alpha value is -3.85. The zero-order valence-corrected chi connectivity index (χ0v) is 19.7. The molecular formula is C25H22N2O6S. The summed E-state index contributed by atoms with van der Waals surface area (Å²) >= 11 is 1.26. The first-order valence-corrected chi connectivity index (χ1v) is 11.6. The van der Waals surface area contributed by atoms with Gasteiger partial charge in [0.25, 0.3) is 5.56 Å². The molecule has 2 aliphatic rings. The molecule has 0 saturated heterocycles. The Morgan fingerprint density at radius 1 is 1.24 bits per heavy atom. The highest BCUT2D eigenvalue weighted by molar-refractivity contribution is 7.07. The van der Waals surface area contributed by atoms with Crippen molar-refractivity contribution in [2.75, 3.05) is 20.5 Å². The molecule has 8 nitrogen and oxygen atoms in total. The van der Waals surface area contributed by atoms with Gasteiger partial charge in [-0.1, -0.05) is 35.6 Å². The van der Waals surface area contributed by atoms with Gasteiger partial charge in [0.1, 0.15) is 11.8 Å². The molecule has 1 atom stereocenters. The molecule has 0 aliphatic carbocycles. The summed E-state index contributed by atoms with van der Waals surface area (Å²) in [6, 6.07) is 12.1. The number of allylic oxidation sites excluding steroid dienone is 1. The van der Waals surface area contributed by atoms with Gasteiger partial charge in [0.05, 0.1) is 29.5 Å². The van der Waals surface area contributed by atoms with Gasteiger partial charge in [0.15, 0.2) is 16.3 Å². The first-order chi connectivity index (χ1) is 16.5. The van der Waals surface area contributed by atoms with E-state index < -0.39 is 12.0 Å². The Morgan fingerprint density at radius 2 is 2.03 bits per heavy atom. The van der Waals surface area contributed by atoms with E-state index in [0.29, 0.717) is 43.4 Å². The standard InChI is InChI=1S/C25H22N2O6S/c1-4-31-24(29)21-14(2)26-25-27(22(21)16-7-5-6-8-17(16)30-3)23(28)20(34-25)12-15-9-10-18-19(11-15)33-13-32-18/h5-12,22H,4,13H2,1-3H3/b20-12-/t22-/m0/s1. The zero-order chi connectivity index (χ0) is 23.8. The van der Waals surface area contributed by atoms with Crippen LogP contribution in [-0.4, -0.2) is 31.0 Å². The number of fused-ring (bicyclic) bond motifs is 2. The smallest absolute Gasteiger partial charge is 0.338 e. The number of hydrogen-bond donors (Lipinski definition) is 0. The van der Waals surface area contributed by atoms with E-state index in [-0.39, 0.29) is 19.0 Å². The van der Waals surface area contributed by atoms with Crippen molar-refractivity contribution in [3.8, 4) is 17.2 Å². The molecule has 0 amide bonds. The molecule has 0 N–H and O–H groups in total. The molecule has 2 aliphatic heterocycles. The van der Waals surface area contributed by atoms with E-state index in [1.54, 1.807) is 37.7 Å². The molecule has 174 valence electrons. The molecule has 0 radical (unpaired) electrons. The van der Waals surface area contributed by atoms with E-state index in [9.17, 15) is 9.59 Å². The Balaban J connectivity index is 1.72. The maximum atomic E-state index is 13.7. The van der Waals surface area contributed by atoms with Crippen LogP contribution >= 0.6 is 11.3 Å². The van der Waals surface area contributed by atoms with E-state index in [2.05, 4.69) is 4.99 Å². The number of carbonyl (C=O) groups is 1. The van der Waals surface area contributed by atoms with E-state index >= 15 is 0 Å². The van der Waals surface area contributed by atoms with Gasteiger partial charge in [-0.2, -0.15) is 0 Å². The number of hydrogen-bond acceptors (Lipinski definition) is 8. The number of carbonyl (C=O) groups excluding carboxylic acids is 1. The van der Waals surface area contributed by atoms with Crippen LogP contribution in [0.15, 0.2) is 63.5 Å². The molecule has 0 spiro atoms. The van der Waals surface area contributed by atoms with Gasteiger partial charge >= 0.3 is 5.97 Å². The number of esters is 1. The van der Waals surface area contributed by atoms with Crippen LogP contribution in [0.1, 0.15) is 31.0 Å². The summed E-state index contributed by atoms with van der Waals surface area (Å²) in [5.41, 5.74) is 2.04. The number of para-hydroxylation sites is 1. The maximum Gasteiger partial charge on any atom is 0.338 e. The molecule has 3 aromatic rings. The van der Waals surface area contributed by atoms with Crippen LogP contribution in [0.2, 0.25) is 0 Å². The lowest BCUT2D eigenvalue weighted by Crippen LogP contribution is -2.40. The second-order valence-electron chi connectivity index (χ2n) is 7.66. The average Bonchev–Trinajstić information content (AvgIpc) is 3.42. The van der Waals surface area contributed by atoms with Crippen molar-refractivity contribution in [3.05, 3.63) is 84.5 Å². The predicted octanol–water partition coefficient (Wildman–Crippen LogP) is 2.54. The monoisotopic (exact) mass is 478 g/mol. The molecule has 2 aromatic carbocycles. The number of ether oxygens (including phenoxy) is 4. The Morgan fingerprint density at radius 3 is 2.82 bits per heavy atom. The van der Waals surface area contributed by atoms with Gasteiger partial charge in [0.2, 0.25) is 6.79 Å². The number of thiazole rings is 1. The van der Waals surface area contributed by atoms with Crippen molar-refractivity contribution in [1.82, 2.24) is 4.57 Å². The van der Waals surface area contributed by atoms with Crippen molar-refractivity contribution < 1.29 is 23.7 Å². The van der Waals surface area contributed by atoms with Crippen molar-refractivity contribution >= 4 is 23.4 Å². The second-order valence-corrected chi connectivity index (χ2v) is 8.67. The number of nitrogens with zero attached hydrogens (tertiary/aromatic N) is 2. The third-order valence-electron chi connectivity index (χ3n) is 5.64. The Labute approximate surface area is 199 Å². The highest BCUT2D eigenvalue weighted by Gasteiger charge is 2.34. The van der Waals surface area contributed by atoms with Gasteiger partial charge < -0.3 is 18.9 Å². The lowest BCUT2D eigenvalue weighted by Gasteiger charge is -2.25. The predicted molar refractivity (Wildman–Crippen MR) is 126 cm³/mol. The molecule has 0 bridgehead atoms. The van der Waals surface area contributed by atoms with Gasteiger partial charge in [-0.25, -0.2) is 9.79 Å². The Bertz CT molecular complexity index is 1500. The summed E-state index contributed by atoms with van der Waals surface area (Å²) in [5, 5.41) is 0. The van der Waals surface area contributed by atoms with E-state index in [1.165, 1.54) is 11.3 Å². The molecule has 3 heterocycles. The fourth-order valence-corrected chi connectivity index (χ4v) is 5.18. The van der Waals surface area contributed by atoms with Gasteiger partial charge in [-0.3, -0.25) is 9.36 Å². The fraction of sp³-hybridized carbons (Fsp3) is 0.240. The van der Waals surface area contributed by atoms with Crippen LogP contribution in [0.4, 0.5) is 0 Å². The summed E-state index contributed by atoms with van der Waals surface area (Å²) < 4.78 is 23.8. The van der Waals surface area contributed by atoms with E-state index in [4.69, 9.17) is 18.9 Å². The highest BCUT2D eigenvalue weighted by atomic mass is 32.1. The van der Waals surface area contributed by atoms with Crippen LogP contribution in [-0.2, 0) is 9.53 Å². The summed E-state index contributed by atoms with van der Waals surface area (Å²) in [6.45, 7) is 3.88. The molecule has 0 unspecified atom stereocenters. The number of benzene rings is 2. The normalized spacial score (nSPS) is 16.8. The number of methoxy groups -OCH3 is 1. The van der Waals surface area contributed by atoms with Crippen LogP contribution in [0.5, 0.6) is 17.2 Å². The zero-order valence-electron chi connectivity index (χ0n) is 18.9. The van der Waals surface area contributed by atoms with Crippen molar-refractivity contribution in [2.24, 2.45) is 4.99 Å². The second kappa shape index (κ2) is 8.83.